The number of carbonyl (C=O) groups excluding carboxylic acids is 2. The highest BCUT2D eigenvalue weighted by Crippen LogP contribution is 2.33. The number of rotatable bonds is 6. The molecule has 4 nitrogen and oxygen atoms in total. The SMILES string of the molecule is CCC(=O)c1c(-c2ccccc2)c2cc(Br)ccc2c(=O)n1Cc1ccc(C(C)=O)cc1. The van der Waals surface area contributed by atoms with Gasteiger partial charge in [-0.1, -0.05) is 77.5 Å². The fraction of sp³-hybridized carbons (Fsp3) is 0.148. The molecule has 0 radical (unpaired) electrons. The Bertz CT molecular complexity index is 1390. The quantitative estimate of drug-likeness (QED) is 0.301. The number of ketones is 2. The molecule has 0 amide bonds. The van der Waals surface area contributed by atoms with Crippen molar-refractivity contribution in [3.8, 4) is 11.1 Å². The van der Waals surface area contributed by atoms with Crippen LogP contribution in [0, 0.1) is 0 Å². The molecule has 0 atom stereocenters. The second-order valence-corrected chi connectivity index (χ2v) is 8.62. The van der Waals surface area contributed by atoms with E-state index in [1.54, 1.807) is 29.7 Å². The largest absolute Gasteiger partial charge is 0.300 e. The molecule has 160 valence electrons. The van der Waals surface area contributed by atoms with Gasteiger partial charge in [0.2, 0.25) is 0 Å². The molecule has 5 heteroatoms. The lowest BCUT2D eigenvalue weighted by Crippen LogP contribution is -2.28. The fourth-order valence-corrected chi connectivity index (χ4v) is 4.31. The summed E-state index contributed by atoms with van der Waals surface area (Å²) in [5.41, 5.74) is 3.29. The minimum absolute atomic E-state index is 0.0155. The van der Waals surface area contributed by atoms with Crippen molar-refractivity contribution in [2.24, 2.45) is 0 Å². The van der Waals surface area contributed by atoms with E-state index >= 15 is 0 Å². The molecular formula is C27H22BrNO3. The predicted octanol–water partition coefficient (Wildman–Crippen LogP) is 6.27. The number of halogens is 1. The Morgan fingerprint density at radius 2 is 1.59 bits per heavy atom. The van der Waals surface area contributed by atoms with Crippen LogP contribution in [-0.4, -0.2) is 16.1 Å². The topological polar surface area (TPSA) is 56.1 Å². The van der Waals surface area contributed by atoms with Gasteiger partial charge in [0.1, 0.15) is 0 Å². The van der Waals surface area contributed by atoms with Crippen LogP contribution in [0.25, 0.3) is 21.9 Å². The minimum atomic E-state index is -0.209. The average Bonchev–Trinajstić information content (AvgIpc) is 2.80. The first-order valence-corrected chi connectivity index (χ1v) is 11.2. The lowest BCUT2D eigenvalue weighted by Gasteiger charge is -2.19. The highest BCUT2D eigenvalue weighted by Gasteiger charge is 2.22. The summed E-state index contributed by atoms with van der Waals surface area (Å²) >= 11 is 3.51. The standard InChI is InChI=1S/C27H22BrNO3/c1-3-24(31)26-25(20-7-5-4-6-8-20)23-15-21(28)13-14-22(23)27(32)29(26)16-18-9-11-19(12-10-18)17(2)30/h4-15H,3,16H2,1-2H3. The van der Waals surface area contributed by atoms with Gasteiger partial charge in [0.25, 0.3) is 5.56 Å². The molecule has 0 N–H and O–H groups in total. The van der Waals surface area contributed by atoms with Crippen molar-refractivity contribution >= 4 is 38.3 Å². The molecule has 0 spiro atoms. The van der Waals surface area contributed by atoms with Crippen LogP contribution in [0.1, 0.15) is 46.7 Å². The summed E-state index contributed by atoms with van der Waals surface area (Å²) < 4.78 is 2.42. The Kier molecular flexibility index (Phi) is 6.19. The third-order valence-electron chi connectivity index (χ3n) is 5.58. The second-order valence-electron chi connectivity index (χ2n) is 7.70. The highest BCUT2D eigenvalue weighted by atomic mass is 79.9. The number of Topliss-reactive ketones (excluding diaryl/α,β-unsaturated/α-hetero) is 2. The Morgan fingerprint density at radius 3 is 2.22 bits per heavy atom. The molecule has 0 aliphatic carbocycles. The summed E-state index contributed by atoms with van der Waals surface area (Å²) in [5.74, 6) is -0.110. The van der Waals surface area contributed by atoms with Crippen LogP contribution in [-0.2, 0) is 6.54 Å². The zero-order chi connectivity index (χ0) is 22.8. The number of benzene rings is 3. The van der Waals surface area contributed by atoms with Crippen molar-refractivity contribution < 1.29 is 9.59 Å². The van der Waals surface area contributed by atoms with Gasteiger partial charge in [-0.25, -0.2) is 0 Å². The van der Waals surface area contributed by atoms with Crippen molar-refractivity contribution in [2.75, 3.05) is 0 Å². The lowest BCUT2D eigenvalue weighted by molar-refractivity contribution is 0.0977. The van der Waals surface area contributed by atoms with E-state index in [0.29, 0.717) is 16.6 Å². The summed E-state index contributed by atoms with van der Waals surface area (Å²) in [6.07, 6.45) is 0.280. The van der Waals surface area contributed by atoms with E-state index in [4.69, 9.17) is 0 Å². The normalized spacial score (nSPS) is 11.0. The smallest absolute Gasteiger partial charge is 0.259 e. The van der Waals surface area contributed by atoms with E-state index < -0.39 is 0 Å². The first-order chi connectivity index (χ1) is 15.4. The summed E-state index contributed by atoms with van der Waals surface area (Å²) in [5, 5.41) is 1.30. The fourth-order valence-electron chi connectivity index (χ4n) is 3.95. The summed E-state index contributed by atoms with van der Waals surface area (Å²) in [6.45, 7) is 3.56. The van der Waals surface area contributed by atoms with E-state index in [9.17, 15) is 14.4 Å². The molecule has 0 aliphatic rings. The van der Waals surface area contributed by atoms with Gasteiger partial charge >= 0.3 is 0 Å². The molecule has 0 aliphatic heterocycles. The van der Waals surface area contributed by atoms with E-state index in [1.165, 1.54) is 6.92 Å². The maximum atomic E-state index is 13.6. The highest BCUT2D eigenvalue weighted by molar-refractivity contribution is 9.10. The predicted molar refractivity (Wildman–Crippen MR) is 132 cm³/mol. The number of pyridine rings is 1. The molecule has 0 bridgehead atoms. The molecule has 3 aromatic carbocycles. The molecule has 1 heterocycles. The van der Waals surface area contributed by atoms with Crippen molar-refractivity contribution in [2.45, 2.75) is 26.8 Å². The second kappa shape index (κ2) is 9.05. The monoisotopic (exact) mass is 487 g/mol. The van der Waals surface area contributed by atoms with Crippen molar-refractivity contribution in [1.82, 2.24) is 4.57 Å². The summed E-state index contributed by atoms with van der Waals surface area (Å²) in [6, 6.07) is 22.4. The van der Waals surface area contributed by atoms with Gasteiger partial charge in [0.15, 0.2) is 11.6 Å². The maximum absolute atomic E-state index is 13.6. The van der Waals surface area contributed by atoms with Crippen molar-refractivity contribution in [1.29, 1.82) is 0 Å². The zero-order valence-electron chi connectivity index (χ0n) is 17.9. The minimum Gasteiger partial charge on any atom is -0.300 e. The number of nitrogens with zero attached hydrogens (tertiary/aromatic N) is 1. The van der Waals surface area contributed by atoms with Gasteiger partial charge in [-0.15, -0.1) is 0 Å². The third-order valence-corrected chi connectivity index (χ3v) is 6.08. The van der Waals surface area contributed by atoms with Crippen LogP contribution in [0.3, 0.4) is 0 Å². The third kappa shape index (κ3) is 4.08. The molecule has 4 aromatic rings. The van der Waals surface area contributed by atoms with E-state index in [0.717, 1.165) is 26.5 Å². The zero-order valence-corrected chi connectivity index (χ0v) is 19.5. The van der Waals surface area contributed by atoms with Crippen LogP contribution >= 0.6 is 15.9 Å². The Balaban J connectivity index is 2.05. The van der Waals surface area contributed by atoms with Gasteiger partial charge in [-0.3, -0.25) is 19.0 Å². The summed E-state index contributed by atoms with van der Waals surface area (Å²) in [7, 11) is 0. The molecule has 0 saturated carbocycles. The molecule has 4 rings (SSSR count). The number of hydrogen-bond acceptors (Lipinski definition) is 3. The molecule has 0 fully saturated rings. The first kappa shape index (κ1) is 21.9. The Hall–Kier alpha value is -3.31. The summed E-state index contributed by atoms with van der Waals surface area (Å²) in [4.78, 5) is 38.4. The number of carbonyl (C=O) groups is 2. The van der Waals surface area contributed by atoms with Crippen LogP contribution in [0.15, 0.2) is 82.1 Å². The van der Waals surface area contributed by atoms with Crippen LogP contribution in [0.4, 0.5) is 0 Å². The van der Waals surface area contributed by atoms with Gasteiger partial charge < -0.3 is 0 Å². The Morgan fingerprint density at radius 1 is 0.906 bits per heavy atom. The lowest BCUT2D eigenvalue weighted by atomic mass is 9.94. The molecule has 32 heavy (non-hydrogen) atoms. The molecule has 1 aromatic heterocycles. The van der Waals surface area contributed by atoms with Crippen LogP contribution in [0.5, 0.6) is 0 Å². The van der Waals surface area contributed by atoms with E-state index in [2.05, 4.69) is 15.9 Å². The number of aromatic nitrogens is 1. The first-order valence-electron chi connectivity index (χ1n) is 10.4. The van der Waals surface area contributed by atoms with E-state index in [1.807, 2.05) is 54.6 Å². The van der Waals surface area contributed by atoms with Crippen LogP contribution < -0.4 is 5.56 Å². The van der Waals surface area contributed by atoms with Gasteiger partial charge in [-0.2, -0.15) is 0 Å². The molecule has 0 unspecified atom stereocenters. The van der Waals surface area contributed by atoms with Crippen molar-refractivity contribution in [3.05, 3.63) is 104 Å². The van der Waals surface area contributed by atoms with E-state index in [-0.39, 0.29) is 30.1 Å². The van der Waals surface area contributed by atoms with Gasteiger partial charge in [0.05, 0.1) is 12.2 Å². The Labute approximate surface area is 194 Å². The van der Waals surface area contributed by atoms with Crippen LogP contribution in [0.2, 0.25) is 0 Å². The van der Waals surface area contributed by atoms with Crippen molar-refractivity contribution in [3.63, 3.8) is 0 Å². The number of fused-ring (bicyclic) bond motifs is 1. The average molecular weight is 488 g/mol. The molecule has 0 saturated heterocycles. The molecular weight excluding hydrogens is 466 g/mol. The van der Waals surface area contributed by atoms with Gasteiger partial charge in [-0.05, 0) is 41.6 Å². The maximum Gasteiger partial charge on any atom is 0.259 e. The number of hydrogen-bond donors (Lipinski definition) is 0. The van der Waals surface area contributed by atoms with Gasteiger partial charge in [0, 0.05) is 27.4 Å².